The van der Waals surface area contributed by atoms with E-state index in [0.29, 0.717) is 29.3 Å². The summed E-state index contributed by atoms with van der Waals surface area (Å²) >= 11 is 0. The van der Waals surface area contributed by atoms with Crippen molar-refractivity contribution < 1.29 is 14.3 Å². The van der Waals surface area contributed by atoms with Gasteiger partial charge in [0.1, 0.15) is 6.04 Å². The van der Waals surface area contributed by atoms with Crippen molar-refractivity contribution in [1.29, 1.82) is 0 Å². The highest BCUT2D eigenvalue weighted by atomic mass is 16.5. The van der Waals surface area contributed by atoms with Gasteiger partial charge in [-0.1, -0.05) is 0 Å². The molecule has 1 aromatic rings. The number of hydrogen-bond donors (Lipinski definition) is 2. The summed E-state index contributed by atoms with van der Waals surface area (Å²) in [6.07, 6.45) is 8.45. The predicted octanol–water partition coefficient (Wildman–Crippen LogP) is 2.75. The van der Waals surface area contributed by atoms with Crippen LogP contribution in [0.2, 0.25) is 0 Å². The zero-order valence-electron chi connectivity index (χ0n) is 15.5. The lowest BCUT2D eigenvalue weighted by molar-refractivity contribution is -0.147. The van der Waals surface area contributed by atoms with Crippen LogP contribution in [0.15, 0.2) is 18.3 Å². The van der Waals surface area contributed by atoms with E-state index in [0.717, 1.165) is 19.3 Å². The zero-order valence-corrected chi connectivity index (χ0v) is 15.5. The zero-order chi connectivity index (χ0) is 18.3. The van der Waals surface area contributed by atoms with Gasteiger partial charge >= 0.3 is 0 Å². The van der Waals surface area contributed by atoms with Gasteiger partial charge in [-0.05, 0) is 69.3 Å². The number of anilines is 1. The summed E-state index contributed by atoms with van der Waals surface area (Å²) in [5.41, 5.74) is 0.358. The van der Waals surface area contributed by atoms with Crippen molar-refractivity contribution in [2.75, 3.05) is 12.4 Å². The van der Waals surface area contributed by atoms with Gasteiger partial charge in [-0.25, -0.2) is 4.98 Å². The molecule has 4 aliphatic rings. The first kappa shape index (κ1) is 17.3. The molecule has 2 N–H and O–H groups in total. The van der Waals surface area contributed by atoms with Crippen molar-refractivity contribution in [3.63, 3.8) is 0 Å². The van der Waals surface area contributed by atoms with Crippen LogP contribution in [0, 0.1) is 23.2 Å². The number of pyridine rings is 1. The first-order valence-corrected chi connectivity index (χ1v) is 9.59. The number of nitrogens with zero attached hydrogens (tertiary/aromatic N) is 1. The van der Waals surface area contributed by atoms with Crippen LogP contribution in [-0.2, 0) is 9.59 Å². The first-order chi connectivity index (χ1) is 12.5. The van der Waals surface area contributed by atoms with Crippen molar-refractivity contribution in [2.45, 2.75) is 51.5 Å². The lowest BCUT2D eigenvalue weighted by atomic mass is 9.49. The largest absolute Gasteiger partial charge is 0.481 e. The van der Waals surface area contributed by atoms with E-state index in [1.165, 1.54) is 19.3 Å². The number of aromatic nitrogens is 1. The Bertz CT molecular complexity index is 665. The highest BCUT2D eigenvalue weighted by molar-refractivity contribution is 5.97. The van der Waals surface area contributed by atoms with E-state index in [9.17, 15) is 9.59 Å². The molecule has 0 spiro atoms. The van der Waals surface area contributed by atoms with E-state index in [4.69, 9.17) is 4.74 Å². The molecule has 0 saturated heterocycles. The van der Waals surface area contributed by atoms with Gasteiger partial charge < -0.3 is 15.4 Å². The Morgan fingerprint density at radius 3 is 2.27 bits per heavy atom. The second-order valence-electron chi connectivity index (χ2n) is 8.47. The standard InChI is InChI=1S/C20H27N3O3/c1-12(18(24)23-16-3-4-17(26-2)21-11-16)22-19(25)20-8-13-5-14(9-20)7-15(6-13)10-20/h3-4,11-15H,5-10H2,1-2H3,(H,22,25)(H,23,24). The Labute approximate surface area is 154 Å². The molecule has 4 saturated carbocycles. The van der Waals surface area contributed by atoms with Gasteiger partial charge in [0, 0.05) is 11.5 Å². The molecule has 140 valence electrons. The summed E-state index contributed by atoms with van der Waals surface area (Å²) in [4.78, 5) is 29.5. The highest BCUT2D eigenvalue weighted by Crippen LogP contribution is 2.60. The SMILES string of the molecule is COc1ccc(NC(=O)C(C)NC(=O)C23CC4CC(CC(C4)C2)C3)cn1. The summed E-state index contributed by atoms with van der Waals surface area (Å²) in [5, 5.41) is 5.78. The van der Waals surface area contributed by atoms with Gasteiger partial charge in [-0.2, -0.15) is 0 Å². The van der Waals surface area contributed by atoms with Gasteiger partial charge in [-0.15, -0.1) is 0 Å². The van der Waals surface area contributed by atoms with Gasteiger partial charge in [-0.3, -0.25) is 9.59 Å². The molecule has 6 heteroatoms. The maximum absolute atomic E-state index is 13.0. The summed E-state index contributed by atoms with van der Waals surface area (Å²) in [5.74, 6) is 2.47. The second kappa shape index (κ2) is 6.56. The fourth-order valence-electron chi connectivity index (χ4n) is 5.63. The molecule has 26 heavy (non-hydrogen) atoms. The topological polar surface area (TPSA) is 80.3 Å². The molecular formula is C20H27N3O3. The number of hydrogen-bond acceptors (Lipinski definition) is 4. The molecule has 2 amide bonds. The number of methoxy groups -OCH3 is 1. The van der Waals surface area contributed by atoms with E-state index in [1.54, 1.807) is 32.4 Å². The van der Waals surface area contributed by atoms with Gasteiger partial charge in [0.15, 0.2) is 0 Å². The minimum atomic E-state index is -0.572. The highest BCUT2D eigenvalue weighted by Gasteiger charge is 2.54. The maximum atomic E-state index is 13.0. The molecule has 0 aliphatic heterocycles. The first-order valence-electron chi connectivity index (χ1n) is 9.59. The number of rotatable bonds is 5. The molecule has 1 heterocycles. The minimum Gasteiger partial charge on any atom is -0.481 e. The van der Waals surface area contributed by atoms with Crippen LogP contribution in [-0.4, -0.2) is 29.9 Å². The van der Waals surface area contributed by atoms with E-state index in [1.807, 2.05) is 0 Å². The summed E-state index contributed by atoms with van der Waals surface area (Å²) in [7, 11) is 1.54. The third kappa shape index (κ3) is 3.17. The van der Waals surface area contributed by atoms with Crippen LogP contribution in [0.5, 0.6) is 5.88 Å². The quantitative estimate of drug-likeness (QED) is 0.849. The van der Waals surface area contributed by atoms with Crippen molar-refractivity contribution >= 4 is 17.5 Å². The Hall–Kier alpha value is -2.11. The van der Waals surface area contributed by atoms with Crippen LogP contribution in [0.1, 0.15) is 45.4 Å². The lowest BCUT2D eigenvalue weighted by Crippen LogP contribution is -2.56. The van der Waals surface area contributed by atoms with E-state index in [2.05, 4.69) is 15.6 Å². The molecule has 0 radical (unpaired) electrons. The molecule has 5 rings (SSSR count). The third-order valence-corrected chi connectivity index (χ3v) is 6.47. The van der Waals surface area contributed by atoms with Crippen molar-refractivity contribution in [2.24, 2.45) is 23.2 Å². The molecule has 4 bridgehead atoms. The fraction of sp³-hybridized carbons (Fsp3) is 0.650. The Morgan fingerprint density at radius 2 is 1.77 bits per heavy atom. The van der Waals surface area contributed by atoms with E-state index in [-0.39, 0.29) is 17.2 Å². The van der Waals surface area contributed by atoms with Crippen LogP contribution in [0.25, 0.3) is 0 Å². The molecule has 6 nitrogen and oxygen atoms in total. The van der Waals surface area contributed by atoms with Crippen LogP contribution in [0.4, 0.5) is 5.69 Å². The number of carbonyl (C=O) groups is 2. The monoisotopic (exact) mass is 357 g/mol. The molecule has 4 aliphatic carbocycles. The average Bonchev–Trinajstić information content (AvgIpc) is 2.61. The Morgan fingerprint density at radius 1 is 1.15 bits per heavy atom. The molecule has 1 unspecified atom stereocenters. The minimum absolute atomic E-state index is 0.0760. The van der Waals surface area contributed by atoms with Crippen LogP contribution >= 0.6 is 0 Å². The summed E-state index contributed by atoms with van der Waals surface area (Å²) in [6, 6.07) is 2.85. The molecule has 0 aromatic carbocycles. The summed E-state index contributed by atoms with van der Waals surface area (Å²) in [6.45, 7) is 1.74. The smallest absolute Gasteiger partial charge is 0.246 e. The molecule has 1 aromatic heterocycles. The number of ether oxygens (including phenoxy) is 1. The Kier molecular flexibility index (Phi) is 4.37. The number of nitrogens with one attached hydrogen (secondary N) is 2. The van der Waals surface area contributed by atoms with Crippen molar-refractivity contribution in [1.82, 2.24) is 10.3 Å². The van der Waals surface area contributed by atoms with Crippen LogP contribution < -0.4 is 15.4 Å². The van der Waals surface area contributed by atoms with Crippen molar-refractivity contribution in [3.05, 3.63) is 18.3 Å². The van der Waals surface area contributed by atoms with Crippen LogP contribution in [0.3, 0.4) is 0 Å². The predicted molar refractivity (Wildman–Crippen MR) is 97.6 cm³/mol. The third-order valence-electron chi connectivity index (χ3n) is 6.47. The average molecular weight is 357 g/mol. The molecular weight excluding hydrogens is 330 g/mol. The van der Waals surface area contributed by atoms with E-state index >= 15 is 0 Å². The number of carbonyl (C=O) groups excluding carboxylic acids is 2. The van der Waals surface area contributed by atoms with E-state index < -0.39 is 6.04 Å². The lowest BCUT2D eigenvalue weighted by Gasteiger charge is -2.55. The molecule has 1 atom stereocenters. The van der Waals surface area contributed by atoms with Crippen molar-refractivity contribution in [3.8, 4) is 5.88 Å². The van der Waals surface area contributed by atoms with Gasteiger partial charge in [0.25, 0.3) is 0 Å². The number of amides is 2. The van der Waals surface area contributed by atoms with Gasteiger partial charge in [0.05, 0.1) is 19.0 Å². The normalized spacial score (nSPS) is 32.8. The van der Waals surface area contributed by atoms with Gasteiger partial charge in [0.2, 0.25) is 17.7 Å². The molecule has 4 fully saturated rings. The summed E-state index contributed by atoms with van der Waals surface area (Å²) < 4.78 is 5.01. The maximum Gasteiger partial charge on any atom is 0.246 e. The second-order valence-corrected chi connectivity index (χ2v) is 8.47. The Balaban J connectivity index is 1.37. The fourth-order valence-corrected chi connectivity index (χ4v) is 5.63.